The van der Waals surface area contributed by atoms with Crippen LogP contribution in [0.4, 0.5) is 0 Å². The summed E-state index contributed by atoms with van der Waals surface area (Å²) in [6.45, 7) is 5.95. The zero-order valence-electron chi connectivity index (χ0n) is 15.3. The van der Waals surface area contributed by atoms with Gasteiger partial charge in [-0.1, -0.05) is 30.3 Å². The molecule has 0 spiro atoms. The minimum absolute atomic E-state index is 0.0196. The first-order chi connectivity index (χ1) is 12.0. The fourth-order valence-corrected chi connectivity index (χ4v) is 2.63. The van der Waals surface area contributed by atoms with E-state index in [9.17, 15) is 4.79 Å². The molecule has 0 aliphatic heterocycles. The molecule has 0 unspecified atom stereocenters. The first-order valence-electron chi connectivity index (χ1n) is 8.50. The largest absolute Gasteiger partial charge is 0.490 e. The topological polar surface area (TPSA) is 44.8 Å². The molecule has 0 saturated carbocycles. The van der Waals surface area contributed by atoms with Crippen molar-refractivity contribution in [2.75, 3.05) is 13.7 Å². The van der Waals surface area contributed by atoms with Crippen LogP contribution in [0.5, 0.6) is 11.5 Å². The maximum atomic E-state index is 11.8. The van der Waals surface area contributed by atoms with Crippen molar-refractivity contribution < 1.29 is 19.0 Å². The number of rotatable bonds is 9. The van der Waals surface area contributed by atoms with E-state index >= 15 is 0 Å². The summed E-state index contributed by atoms with van der Waals surface area (Å²) in [7, 11) is 1.63. The molecular weight excluding hydrogens is 316 g/mol. The van der Waals surface area contributed by atoms with Crippen LogP contribution in [0.3, 0.4) is 0 Å². The molecule has 2 aromatic carbocycles. The Hall–Kier alpha value is -2.33. The summed E-state index contributed by atoms with van der Waals surface area (Å²) < 4.78 is 16.9. The quantitative estimate of drug-likeness (QED) is 0.637. The molecule has 0 bridgehead atoms. The third kappa shape index (κ3) is 6.24. The van der Waals surface area contributed by atoms with Crippen molar-refractivity contribution in [3.63, 3.8) is 0 Å². The van der Waals surface area contributed by atoms with E-state index in [2.05, 4.69) is 12.1 Å². The maximum absolute atomic E-state index is 11.8. The van der Waals surface area contributed by atoms with E-state index in [0.717, 1.165) is 6.42 Å². The number of carbonyl (C=O) groups excluding carboxylic acids is 1. The first kappa shape index (κ1) is 19.0. The van der Waals surface area contributed by atoms with Gasteiger partial charge < -0.3 is 14.2 Å². The number of carbonyl (C=O) groups is 1. The zero-order valence-corrected chi connectivity index (χ0v) is 15.3. The van der Waals surface area contributed by atoms with E-state index < -0.39 is 0 Å². The van der Waals surface area contributed by atoms with Crippen LogP contribution in [0, 0.1) is 0 Å². The summed E-state index contributed by atoms with van der Waals surface area (Å²) in [4.78, 5) is 11.8. The molecule has 0 aliphatic carbocycles. The van der Waals surface area contributed by atoms with Crippen molar-refractivity contribution in [2.45, 2.75) is 39.4 Å². The smallest absolute Gasteiger partial charge is 0.160 e. The number of Topliss-reactive ketones (excluding diaryl/α,β-unsaturated/α-hetero) is 1. The molecule has 2 rings (SSSR count). The SMILES string of the molecule is COC[C@H](C)Oc1cc(O[C@@H](C)Cc2ccccc2)cc(C(C)=O)c1. The molecular formula is C21H26O4. The highest BCUT2D eigenvalue weighted by Gasteiger charge is 2.12. The molecule has 25 heavy (non-hydrogen) atoms. The van der Waals surface area contributed by atoms with Crippen LogP contribution in [0.1, 0.15) is 36.7 Å². The lowest BCUT2D eigenvalue weighted by Gasteiger charge is -2.18. The highest BCUT2D eigenvalue weighted by molar-refractivity contribution is 5.94. The van der Waals surface area contributed by atoms with Crippen LogP contribution in [-0.2, 0) is 11.2 Å². The second kappa shape index (κ2) is 9.23. The third-order valence-electron chi connectivity index (χ3n) is 3.73. The molecule has 0 aromatic heterocycles. The van der Waals surface area contributed by atoms with Gasteiger partial charge in [0.1, 0.15) is 17.6 Å². The molecule has 0 N–H and O–H groups in total. The van der Waals surface area contributed by atoms with Crippen molar-refractivity contribution in [3.8, 4) is 11.5 Å². The Kier molecular flexibility index (Phi) is 7.02. The van der Waals surface area contributed by atoms with Crippen molar-refractivity contribution in [1.29, 1.82) is 0 Å². The molecule has 0 aliphatic rings. The van der Waals surface area contributed by atoms with Gasteiger partial charge in [-0.2, -0.15) is 0 Å². The first-order valence-corrected chi connectivity index (χ1v) is 8.50. The lowest BCUT2D eigenvalue weighted by atomic mass is 10.1. The Labute approximate surface area is 149 Å². The van der Waals surface area contributed by atoms with Gasteiger partial charge in [-0.3, -0.25) is 4.79 Å². The minimum Gasteiger partial charge on any atom is -0.490 e. The molecule has 134 valence electrons. The maximum Gasteiger partial charge on any atom is 0.160 e. The van der Waals surface area contributed by atoms with Gasteiger partial charge in [0.05, 0.1) is 12.7 Å². The number of ether oxygens (including phenoxy) is 3. The Morgan fingerprint density at radius 2 is 1.56 bits per heavy atom. The van der Waals surface area contributed by atoms with Gasteiger partial charge in [-0.25, -0.2) is 0 Å². The fraction of sp³-hybridized carbons (Fsp3) is 0.381. The van der Waals surface area contributed by atoms with E-state index in [1.807, 2.05) is 38.1 Å². The van der Waals surface area contributed by atoms with Gasteiger partial charge in [0.15, 0.2) is 5.78 Å². The van der Waals surface area contributed by atoms with Crippen molar-refractivity contribution in [1.82, 2.24) is 0 Å². The van der Waals surface area contributed by atoms with Crippen LogP contribution in [0.25, 0.3) is 0 Å². The van der Waals surface area contributed by atoms with Crippen LogP contribution in [0.15, 0.2) is 48.5 Å². The normalized spacial score (nSPS) is 13.1. The molecule has 2 aromatic rings. The lowest BCUT2D eigenvalue weighted by Crippen LogP contribution is -2.19. The van der Waals surface area contributed by atoms with Crippen LogP contribution < -0.4 is 9.47 Å². The van der Waals surface area contributed by atoms with Gasteiger partial charge in [0, 0.05) is 25.2 Å². The summed E-state index contributed by atoms with van der Waals surface area (Å²) in [6.07, 6.45) is 0.664. The Morgan fingerprint density at radius 3 is 2.12 bits per heavy atom. The number of ketones is 1. The number of benzene rings is 2. The Balaban J connectivity index is 2.12. The van der Waals surface area contributed by atoms with Gasteiger partial charge in [0.2, 0.25) is 0 Å². The predicted molar refractivity (Wildman–Crippen MR) is 98.6 cm³/mol. The van der Waals surface area contributed by atoms with Gasteiger partial charge in [0.25, 0.3) is 0 Å². The van der Waals surface area contributed by atoms with Gasteiger partial charge >= 0.3 is 0 Å². The molecule has 0 amide bonds. The van der Waals surface area contributed by atoms with E-state index in [4.69, 9.17) is 14.2 Å². The monoisotopic (exact) mass is 342 g/mol. The fourth-order valence-electron chi connectivity index (χ4n) is 2.63. The average molecular weight is 342 g/mol. The number of hydrogen-bond donors (Lipinski definition) is 0. The second-order valence-electron chi connectivity index (χ2n) is 6.25. The van der Waals surface area contributed by atoms with Crippen molar-refractivity contribution in [2.24, 2.45) is 0 Å². The number of methoxy groups -OCH3 is 1. The minimum atomic E-state index is -0.109. The molecule has 4 heteroatoms. The average Bonchev–Trinajstić information content (AvgIpc) is 2.55. The summed E-state index contributed by atoms with van der Waals surface area (Å²) in [5.74, 6) is 1.22. The highest BCUT2D eigenvalue weighted by atomic mass is 16.5. The molecule has 2 atom stereocenters. The molecule has 0 saturated heterocycles. The third-order valence-corrected chi connectivity index (χ3v) is 3.73. The summed E-state index contributed by atoms with van der Waals surface area (Å²) in [5.41, 5.74) is 1.78. The standard InChI is InChI=1S/C21H26O4/c1-15(10-18-8-6-5-7-9-18)24-20-11-19(17(3)22)12-21(13-20)25-16(2)14-23-4/h5-9,11-13,15-16H,10,14H2,1-4H3/t15-,16-/m0/s1. The van der Waals surface area contributed by atoms with Gasteiger partial charge in [-0.15, -0.1) is 0 Å². The van der Waals surface area contributed by atoms with E-state index in [-0.39, 0.29) is 18.0 Å². The Bertz CT molecular complexity index is 682. The van der Waals surface area contributed by atoms with Gasteiger partial charge in [-0.05, 0) is 38.5 Å². The van der Waals surface area contributed by atoms with Crippen molar-refractivity contribution >= 4 is 5.78 Å². The predicted octanol–water partition coefficient (Wildman–Crippen LogP) is 4.31. The van der Waals surface area contributed by atoms with E-state index in [1.165, 1.54) is 12.5 Å². The summed E-state index contributed by atoms with van der Waals surface area (Å²) >= 11 is 0. The second-order valence-corrected chi connectivity index (χ2v) is 6.25. The highest BCUT2D eigenvalue weighted by Crippen LogP contribution is 2.25. The summed E-state index contributed by atoms with van der Waals surface area (Å²) in [6, 6.07) is 15.5. The van der Waals surface area contributed by atoms with E-state index in [0.29, 0.717) is 23.7 Å². The zero-order chi connectivity index (χ0) is 18.2. The van der Waals surface area contributed by atoms with Crippen LogP contribution in [-0.4, -0.2) is 31.7 Å². The van der Waals surface area contributed by atoms with Crippen LogP contribution in [0.2, 0.25) is 0 Å². The molecule has 0 heterocycles. The van der Waals surface area contributed by atoms with Crippen molar-refractivity contribution in [3.05, 3.63) is 59.7 Å². The van der Waals surface area contributed by atoms with E-state index in [1.54, 1.807) is 19.2 Å². The summed E-state index contributed by atoms with van der Waals surface area (Å²) in [5, 5.41) is 0. The Morgan fingerprint density at radius 1 is 0.960 bits per heavy atom. The molecule has 0 fully saturated rings. The molecule has 4 nitrogen and oxygen atoms in total. The number of hydrogen-bond acceptors (Lipinski definition) is 4. The lowest BCUT2D eigenvalue weighted by molar-refractivity contribution is 0.0912. The van der Waals surface area contributed by atoms with Crippen LogP contribution >= 0.6 is 0 Å². The molecule has 0 radical (unpaired) electrons.